The predicted molar refractivity (Wildman–Crippen MR) is 70.9 cm³/mol. The van der Waals surface area contributed by atoms with Gasteiger partial charge in [0.25, 0.3) is 0 Å². The molecule has 0 bridgehead atoms. The highest BCUT2D eigenvalue weighted by Gasteiger charge is 2.33. The molecule has 0 aliphatic heterocycles. The molecule has 15 heavy (non-hydrogen) atoms. The van der Waals surface area contributed by atoms with E-state index in [1.54, 1.807) is 0 Å². The first-order valence-electron chi connectivity index (χ1n) is 5.91. The van der Waals surface area contributed by atoms with Crippen molar-refractivity contribution in [3.8, 4) is 0 Å². The maximum Gasteiger partial charge on any atom is 0.145 e. The lowest BCUT2D eigenvalue weighted by molar-refractivity contribution is -0.105. The smallest absolute Gasteiger partial charge is 0.145 e. The van der Waals surface area contributed by atoms with Crippen LogP contribution in [-0.2, 0) is 4.79 Å². The number of carbonyl (C=O) groups excluding carboxylic acids is 1. The van der Waals surface area contributed by atoms with Crippen LogP contribution in [-0.4, -0.2) is 14.4 Å². The maximum atomic E-state index is 11.0. The normalized spacial score (nSPS) is 14.1. The third-order valence-electron chi connectivity index (χ3n) is 3.45. The Morgan fingerprint density at radius 3 is 2.13 bits per heavy atom. The number of allylic oxidation sites excluding steroid dienone is 1. The zero-order valence-corrected chi connectivity index (χ0v) is 12.2. The summed E-state index contributed by atoms with van der Waals surface area (Å²) in [6.45, 7) is 13.7. The van der Waals surface area contributed by atoms with Crippen molar-refractivity contribution < 1.29 is 4.79 Å². The Bertz CT molecular complexity index is 233. The molecule has 2 heteroatoms. The van der Waals surface area contributed by atoms with Crippen molar-refractivity contribution in [2.24, 2.45) is 0 Å². The second kappa shape index (κ2) is 5.64. The minimum Gasteiger partial charge on any atom is -0.298 e. The van der Waals surface area contributed by atoms with Crippen molar-refractivity contribution in [3.63, 3.8) is 0 Å². The summed E-state index contributed by atoms with van der Waals surface area (Å²) in [4.78, 5) is 11.0. The summed E-state index contributed by atoms with van der Waals surface area (Å²) in [5.41, 5.74) is 3.30. The molecule has 0 N–H and O–H groups in total. The van der Waals surface area contributed by atoms with Gasteiger partial charge < -0.3 is 0 Å². The Balaban J connectivity index is 4.74. The fourth-order valence-electron chi connectivity index (χ4n) is 1.23. The number of hydrogen-bond acceptors (Lipinski definition) is 1. The van der Waals surface area contributed by atoms with E-state index in [1.807, 2.05) is 0 Å². The summed E-state index contributed by atoms with van der Waals surface area (Å²) in [5.74, 6) is 0. The van der Waals surface area contributed by atoms with Gasteiger partial charge in [-0.05, 0) is 23.5 Å². The summed E-state index contributed by atoms with van der Waals surface area (Å²) in [6.07, 6.45) is 4.28. The molecule has 0 unspecified atom stereocenters. The van der Waals surface area contributed by atoms with Gasteiger partial charge >= 0.3 is 0 Å². The van der Waals surface area contributed by atoms with Crippen LogP contribution in [0.3, 0.4) is 0 Å². The SMILES string of the molecule is CCCC/C(C=O)=C\[Si](C)(C)C(C)(C)C. The largest absolute Gasteiger partial charge is 0.298 e. The molecule has 0 aromatic carbocycles. The Morgan fingerprint density at radius 2 is 1.80 bits per heavy atom. The van der Waals surface area contributed by atoms with Gasteiger partial charge in [-0.2, -0.15) is 0 Å². The summed E-state index contributed by atoms with van der Waals surface area (Å²) < 4.78 is 0. The lowest BCUT2D eigenvalue weighted by atomic mass is 10.1. The van der Waals surface area contributed by atoms with E-state index in [4.69, 9.17) is 0 Å². The summed E-state index contributed by atoms with van der Waals surface area (Å²) in [7, 11) is -1.43. The fourth-order valence-corrected chi connectivity index (χ4v) is 2.80. The highest BCUT2D eigenvalue weighted by atomic mass is 28.3. The number of aldehydes is 1. The van der Waals surface area contributed by atoms with Gasteiger partial charge in [0, 0.05) is 0 Å². The number of hydrogen-bond donors (Lipinski definition) is 0. The summed E-state index contributed by atoms with van der Waals surface area (Å²) in [6, 6.07) is 0. The average molecular weight is 226 g/mol. The molecule has 0 fully saturated rings. The number of unbranched alkanes of at least 4 members (excludes halogenated alkanes) is 1. The molecule has 0 spiro atoms. The van der Waals surface area contributed by atoms with E-state index in [-0.39, 0.29) is 0 Å². The minimum absolute atomic E-state index is 0.327. The van der Waals surface area contributed by atoms with Crippen LogP contribution < -0.4 is 0 Å². The van der Waals surface area contributed by atoms with Crippen LogP contribution in [0, 0.1) is 0 Å². The van der Waals surface area contributed by atoms with Crippen LogP contribution in [0.25, 0.3) is 0 Å². The molecule has 0 aliphatic carbocycles. The van der Waals surface area contributed by atoms with Gasteiger partial charge in [0.2, 0.25) is 0 Å². The second-order valence-electron chi connectivity index (χ2n) is 5.91. The maximum absolute atomic E-state index is 11.0. The molecule has 0 radical (unpaired) electrons. The van der Waals surface area contributed by atoms with Crippen molar-refractivity contribution in [2.45, 2.75) is 65.1 Å². The minimum atomic E-state index is -1.43. The molecule has 0 atom stereocenters. The molecule has 1 nitrogen and oxygen atoms in total. The molecular formula is C13H26OSi. The third-order valence-corrected chi connectivity index (χ3v) is 8.41. The molecule has 0 heterocycles. The highest BCUT2D eigenvalue weighted by molar-refractivity contribution is 6.85. The lowest BCUT2D eigenvalue weighted by Gasteiger charge is -2.34. The van der Waals surface area contributed by atoms with E-state index >= 15 is 0 Å². The zero-order valence-electron chi connectivity index (χ0n) is 11.2. The first-order valence-corrected chi connectivity index (χ1v) is 8.99. The molecule has 0 aliphatic rings. The molecule has 0 rings (SSSR count). The predicted octanol–water partition coefficient (Wildman–Crippen LogP) is 4.35. The van der Waals surface area contributed by atoms with Crippen molar-refractivity contribution in [3.05, 3.63) is 11.3 Å². The molecule has 0 saturated heterocycles. The molecule has 0 aromatic heterocycles. The van der Waals surface area contributed by atoms with Crippen LogP contribution >= 0.6 is 0 Å². The zero-order chi connectivity index (χ0) is 12.1. The van der Waals surface area contributed by atoms with E-state index < -0.39 is 8.07 Å². The quantitative estimate of drug-likeness (QED) is 0.387. The van der Waals surface area contributed by atoms with Crippen LogP contribution in [0.5, 0.6) is 0 Å². The molecule has 0 saturated carbocycles. The van der Waals surface area contributed by atoms with Gasteiger partial charge in [0.1, 0.15) is 6.29 Å². The van der Waals surface area contributed by atoms with E-state index in [2.05, 4.69) is 46.5 Å². The van der Waals surface area contributed by atoms with Crippen molar-refractivity contribution in [1.29, 1.82) is 0 Å². The van der Waals surface area contributed by atoms with Gasteiger partial charge in [0.15, 0.2) is 0 Å². The van der Waals surface area contributed by atoms with Crippen LogP contribution in [0.2, 0.25) is 18.1 Å². The van der Waals surface area contributed by atoms with Gasteiger partial charge in [-0.1, -0.05) is 52.9 Å². The molecule has 0 aromatic rings. The Morgan fingerprint density at radius 1 is 1.27 bits per heavy atom. The van der Waals surface area contributed by atoms with E-state index in [0.29, 0.717) is 5.04 Å². The van der Waals surface area contributed by atoms with Gasteiger partial charge in [0.05, 0.1) is 8.07 Å². The van der Waals surface area contributed by atoms with Crippen LogP contribution in [0.15, 0.2) is 11.3 Å². The first-order chi connectivity index (χ1) is 6.74. The van der Waals surface area contributed by atoms with E-state index in [9.17, 15) is 4.79 Å². The van der Waals surface area contributed by atoms with Gasteiger partial charge in [-0.15, -0.1) is 0 Å². The standard InChI is InChI=1S/C13H26OSi/c1-7-8-9-12(10-14)11-15(5,6)13(2,3)4/h10-11H,7-9H2,1-6H3/b12-11+. The van der Waals surface area contributed by atoms with E-state index in [1.165, 1.54) is 0 Å². The molecule has 88 valence electrons. The average Bonchev–Trinajstić information content (AvgIpc) is 2.10. The Hall–Kier alpha value is -0.373. The van der Waals surface area contributed by atoms with Crippen molar-refractivity contribution >= 4 is 14.4 Å². The molecular weight excluding hydrogens is 200 g/mol. The van der Waals surface area contributed by atoms with Crippen LogP contribution in [0.1, 0.15) is 47.0 Å². The Kier molecular flexibility index (Phi) is 5.50. The van der Waals surface area contributed by atoms with E-state index in [0.717, 1.165) is 31.1 Å². The second-order valence-corrected chi connectivity index (χ2v) is 11.1. The van der Waals surface area contributed by atoms with Crippen molar-refractivity contribution in [1.82, 2.24) is 0 Å². The highest BCUT2D eigenvalue weighted by Crippen LogP contribution is 2.37. The fraction of sp³-hybridized carbons (Fsp3) is 0.769. The Labute approximate surface area is 96.0 Å². The third kappa shape index (κ3) is 4.78. The summed E-state index contributed by atoms with van der Waals surface area (Å²) in [5, 5.41) is 0.327. The number of rotatable bonds is 5. The first kappa shape index (κ1) is 14.6. The monoisotopic (exact) mass is 226 g/mol. The number of carbonyl (C=O) groups is 1. The molecule has 0 amide bonds. The van der Waals surface area contributed by atoms with Crippen LogP contribution in [0.4, 0.5) is 0 Å². The summed E-state index contributed by atoms with van der Waals surface area (Å²) >= 11 is 0. The lowest BCUT2D eigenvalue weighted by Crippen LogP contribution is -2.35. The van der Waals surface area contributed by atoms with Gasteiger partial charge in [-0.25, -0.2) is 0 Å². The van der Waals surface area contributed by atoms with Crippen molar-refractivity contribution in [2.75, 3.05) is 0 Å². The topological polar surface area (TPSA) is 17.1 Å². The van der Waals surface area contributed by atoms with Gasteiger partial charge in [-0.3, -0.25) is 4.79 Å².